The number of aliphatic imine (C=N–C) groups is 1. The van der Waals surface area contributed by atoms with Gasteiger partial charge in [0.15, 0.2) is 5.96 Å². The van der Waals surface area contributed by atoms with Crippen molar-refractivity contribution in [2.45, 2.75) is 13.8 Å². The average molecular weight is 245 g/mol. The summed E-state index contributed by atoms with van der Waals surface area (Å²) in [7, 11) is 3.06. The molecule has 1 atom stereocenters. The van der Waals surface area contributed by atoms with E-state index >= 15 is 0 Å². The largest absolute Gasteiger partial charge is 0.469 e. The van der Waals surface area contributed by atoms with Crippen LogP contribution in [0.5, 0.6) is 0 Å². The third kappa shape index (κ3) is 7.57. The van der Waals surface area contributed by atoms with E-state index in [1.807, 2.05) is 6.92 Å². The van der Waals surface area contributed by atoms with Crippen LogP contribution in [0.25, 0.3) is 0 Å². The number of methoxy groups -OCH3 is 1. The highest BCUT2D eigenvalue weighted by Gasteiger charge is 2.12. The van der Waals surface area contributed by atoms with E-state index in [1.165, 1.54) is 7.11 Å². The molecule has 0 aliphatic heterocycles. The highest BCUT2D eigenvalue weighted by atomic mass is 16.5. The quantitative estimate of drug-likeness (QED) is 0.286. The van der Waals surface area contributed by atoms with Crippen molar-refractivity contribution in [1.82, 2.24) is 10.6 Å². The molecule has 0 aromatic heterocycles. The Balaban J connectivity index is 3.79. The second-order valence-corrected chi connectivity index (χ2v) is 3.50. The molecular formula is C11H23N3O3. The number of carbonyl (C=O) groups excluding carboxylic acids is 1. The molecule has 6 nitrogen and oxygen atoms in total. The van der Waals surface area contributed by atoms with Gasteiger partial charge in [-0.2, -0.15) is 0 Å². The molecule has 0 radical (unpaired) electrons. The standard InChI is InChI=1S/C11H23N3O3/c1-5-17-7-6-13-11(12-3)14-8-9(2)10(15)16-4/h9H,5-8H2,1-4H3,(H2,12,13,14). The van der Waals surface area contributed by atoms with Gasteiger partial charge in [0.1, 0.15) is 0 Å². The van der Waals surface area contributed by atoms with Crippen LogP contribution in [-0.2, 0) is 14.3 Å². The first-order chi connectivity index (χ1) is 8.15. The van der Waals surface area contributed by atoms with E-state index < -0.39 is 0 Å². The van der Waals surface area contributed by atoms with Gasteiger partial charge in [-0.15, -0.1) is 0 Å². The van der Waals surface area contributed by atoms with Crippen molar-refractivity contribution in [3.8, 4) is 0 Å². The molecule has 2 N–H and O–H groups in total. The molecule has 100 valence electrons. The Labute approximate surface area is 103 Å². The van der Waals surface area contributed by atoms with Gasteiger partial charge in [0.05, 0.1) is 19.6 Å². The van der Waals surface area contributed by atoms with Gasteiger partial charge in [-0.25, -0.2) is 0 Å². The summed E-state index contributed by atoms with van der Waals surface area (Å²) in [5.41, 5.74) is 0. The Kier molecular flexibility index (Phi) is 9.14. The lowest BCUT2D eigenvalue weighted by molar-refractivity contribution is -0.144. The number of carbonyl (C=O) groups is 1. The first-order valence-electron chi connectivity index (χ1n) is 5.75. The highest BCUT2D eigenvalue weighted by Crippen LogP contribution is 1.94. The number of ether oxygens (including phenoxy) is 2. The number of guanidine groups is 1. The van der Waals surface area contributed by atoms with Gasteiger partial charge < -0.3 is 20.1 Å². The fourth-order valence-corrected chi connectivity index (χ4v) is 1.14. The van der Waals surface area contributed by atoms with Gasteiger partial charge in [-0.1, -0.05) is 6.92 Å². The minimum absolute atomic E-state index is 0.203. The summed E-state index contributed by atoms with van der Waals surface area (Å²) in [5, 5.41) is 6.12. The van der Waals surface area contributed by atoms with E-state index in [0.717, 1.165) is 0 Å². The summed E-state index contributed by atoms with van der Waals surface area (Å²) in [5.74, 6) is 0.216. The van der Waals surface area contributed by atoms with Crippen LogP contribution in [0.2, 0.25) is 0 Å². The number of nitrogens with zero attached hydrogens (tertiary/aromatic N) is 1. The predicted octanol–water partition coefficient (Wildman–Crippen LogP) is -0.00300. The fourth-order valence-electron chi connectivity index (χ4n) is 1.14. The predicted molar refractivity (Wildman–Crippen MR) is 67.0 cm³/mol. The summed E-state index contributed by atoms with van der Waals surface area (Å²) >= 11 is 0. The topological polar surface area (TPSA) is 72.0 Å². The summed E-state index contributed by atoms with van der Waals surface area (Å²) in [6.07, 6.45) is 0. The van der Waals surface area contributed by atoms with Gasteiger partial charge in [0.2, 0.25) is 0 Å². The van der Waals surface area contributed by atoms with E-state index in [4.69, 9.17) is 4.74 Å². The molecule has 0 bridgehead atoms. The van der Waals surface area contributed by atoms with Gasteiger partial charge in [0, 0.05) is 26.7 Å². The molecule has 0 spiro atoms. The SMILES string of the molecule is CCOCCNC(=NC)NCC(C)C(=O)OC. The number of hydrogen-bond acceptors (Lipinski definition) is 4. The molecule has 0 saturated carbocycles. The third-order valence-corrected chi connectivity index (χ3v) is 2.15. The average Bonchev–Trinajstić information content (AvgIpc) is 2.36. The molecule has 0 aromatic rings. The van der Waals surface area contributed by atoms with Gasteiger partial charge in [0.25, 0.3) is 0 Å². The molecule has 1 unspecified atom stereocenters. The van der Waals surface area contributed by atoms with Crippen LogP contribution in [-0.4, -0.2) is 52.4 Å². The molecule has 0 aliphatic rings. The van der Waals surface area contributed by atoms with Crippen LogP contribution >= 0.6 is 0 Å². The minimum Gasteiger partial charge on any atom is -0.469 e. The molecule has 0 saturated heterocycles. The zero-order chi connectivity index (χ0) is 13.1. The molecule has 0 fully saturated rings. The van der Waals surface area contributed by atoms with Crippen molar-refractivity contribution in [3.63, 3.8) is 0 Å². The van der Waals surface area contributed by atoms with Crippen molar-refractivity contribution < 1.29 is 14.3 Å². The normalized spacial score (nSPS) is 13.1. The molecule has 6 heteroatoms. The lowest BCUT2D eigenvalue weighted by Crippen LogP contribution is -2.42. The number of hydrogen-bond donors (Lipinski definition) is 2. The Morgan fingerprint density at radius 3 is 2.65 bits per heavy atom. The van der Waals surface area contributed by atoms with Crippen molar-refractivity contribution in [2.24, 2.45) is 10.9 Å². The van der Waals surface area contributed by atoms with E-state index in [1.54, 1.807) is 14.0 Å². The molecular weight excluding hydrogens is 222 g/mol. The number of esters is 1. The van der Waals surface area contributed by atoms with Crippen molar-refractivity contribution in [1.29, 1.82) is 0 Å². The molecule has 0 aliphatic carbocycles. The van der Waals surface area contributed by atoms with E-state index in [9.17, 15) is 4.79 Å². The van der Waals surface area contributed by atoms with Gasteiger partial charge in [-0.3, -0.25) is 9.79 Å². The summed E-state index contributed by atoms with van der Waals surface area (Å²) in [6, 6.07) is 0. The smallest absolute Gasteiger partial charge is 0.310 e. The van der Waals surface area contributed by atoms with Crippen LogP contribution in [0.1, 0.15) is 13.8 Å². The van der Waals surface area contributed by atoms with Crippen molar-refractivity contribution in [2.75, 3.05) is 40.5 Å². The maximum Gasteiger partial charge on any atom is 0.310 e. The maximum absolute atomic E-state index is 11.2. The fraction of sp³-hybridized carbons (Fsp3) is 0.818. The Morgan fingerprint density at radius 1 is 1.41 bits per heavy atom. The Hall–Kier alpha value is -1.30. The molecule has 0 amide bonds. The monoisotopic (exact) mass is 245 g/mol. The summed E-state index contributed by atoms with van der Waals surface area (Å²) in [4.78, 5) is 15.2. The molecule has 0 heterocycles. The lowest BCUT2D eigenvalue weighted by atomic mass is 10.2. The number of nitrogens with one attached hydrogen (secondary N) is 2. The Bertz CT molecular complexity index is 244. The maximum atomic E-state index is 11.2. The first kappa shape index (κ1) is 15.7. The molecule has 0 rings (SSSR count). The van der Waals surface area contributed by atoms with Gasteiger partial charge >= 0.3 is 5.97 Å². The summed E-state index contributed by atoms with van der Waals surface area (Å²) < 4.78 is 9.82. The highest BCUT2D eigenvalue weighted by molar-refractivity contribution is 5.80. The van der Waals surface area contributed by atoms with Crippen LogP contribution in [0.3, 0.4) is 0 Å². The van der Waals surface area contributed by atoms with Crippen LogP contribution in [0.4, 0.5) is 0 Å². The molecule has 0 aromatic carbocycles. The summed E-state index contributed by atoms with van der Waals surface area (Å²) in [6.45, 7) is 6.25. The van der Waals surface area contributed by atoms with E-state index in [2.05, 4.69) is 20.4 Å². The zero-order valence-electron chi connectivity index (χ0n) is 11.1. The minimum atomic E-state index is -0.234. The zero-order valence-corrected chi connectivity index (χ0v) is 11.1. The van der Waals surface area contributed by atoms with Crippen LogP contribution in [0.15, 0.2) is 4.99 Å². The number of rotatable bonds is 7. The van der Waals surface area contributed by atoms with E-state index in [-0.39, 0.29) is 11.9 Å². The van der Waals surface area contributed by atoms with Gasteiger partial charge in [-0.05, 0) is 6.92 Å². The third-order valence-electron chi connectivity index (χ3n) is 2.15. The van der Waals surface area contributed by atoms with Crippen LogP contribution < -0.4 is 10.6 Å². The van der Waals surface area contributed by atoms with Crippen molar-refractivity contribution in [3.05, 3.63) is 0 Å². The molecule has 17 heavy (non-hydrogen) atoms. The van der Waals surface area contributed by atoms with Crippen molar-refractivity contribution >= 4 is 11.9 Å². The Morgan fingerprint density at radius 2 is 2.12 bits per heavy atom. The van der Waals surface area contributed by atoms with Crippen LogP contribution in [0, 0.1) is 5.92 Å². The second kappa shape index (κ2) is 9.89. The first-order valence-corrected chi connectivity index (χ1v) is 5.75. The second-order valence-electron chi connectivity index (χ2n) is 3.50. The van der Waals surface area contributed by atoms with E-state index in [0.29, 0.717) is 32.3 Å². The lowest BCUT2D eigenvalue weighted by Gasteiger charge is -2.14.